The number of carbonyl (C=O) groups excluding carboxylic acids is 2. The molecule has 0 aliphatic carbocycles. The van der Waals surface area contributed by atoms with Gasteiger partial charge in [0.05, 0.1) is 17.4 Å². The average molecular weight is 584 g/mol. The number of likely N-dealkylation sites (tertiary alicyclic amines) is 1. The summed E-state index contributed by atoms with van der Waals surface area (Å²) in [6.07, 6.45) is 8.26. The van der Waals surface area contributed by atoms with Crippen LogP contribution in [-0.2, 0) is 17.6 Å². The van der Waals surface area contributed by atoms with Crippen molar-refractivity contribution in [3.05, 3.63) is 94.9 Å². The summed E-state index contributed by atoms with van der Waals surface area (Å²) in [5.41, 5.74) is 5.15. The summed E-state index contributed by atoms with van der Waals surface area (Å²) < 4.78 is 27.4. The van der Waals surface area contributed by atoms with Crippen molar-refractivity contribution in [2.45, 2.75) is 39.0 Å². The first-order chi connectivity index (χ1) is 20.8. The van der Waals surface area contributed by atoms with Gasteiger partial charge in [-0.1, -0.05) is 0 Å². The molecule has 3 N–H and O–H groups in total. The largest absolute Gasteiger partial charge is 0.340 e. The maximum Gasteiger partial charge on any atom is 0.256 e. The molecule has 43 heavy (non-hydrogen) atoms. The average Bonchev–Trinajstić information content (AvgIpc) is 2.99. The fourth-order valence-electron chi connectivity index (χ4n) is 5.50. The number of anilines is 5. The predicted octanol–water partition coefficient (Wildman–Crippen LogP) is 5.93. The molecule has 220 valence electrons. The Hall–Kier alpha value is -4.93. The zero-order valence-electron chi connectivity index (χ0n) is 23.7. The molecule has 2 aliphatic heterocycles. The molecule has 4 aromatic rings. The van der Waals surface area contributed by atoms with E-state index in [9.17, 15) is 18.4 Å². The molecule has 2 aromatic heterocycles. The fourth-order valence-corrected chi connectivity index (χ4v) is 5.50. The molecule has 0 saturated carbocycles. The topological polar surface area (TPSA) is 112 Å². The summed E-state index contributed by atoms with van der Waals surface area (Å²) in [6, 6.07) is 10.8. The van der Waals surface area contributed by atoms with Crippen LogP contribution in [0, 0.1) is 24.5 Å². The van der Waals surface area contributed by atoms with E-state index >= 15 is 0 Å². The molecule has 2 amide bonds. The lowest BCUT2D eigenvalue weighted by atomic mass is 9.92. The third-order valence-corrected chi connectivity index (χ3v) is 7.89. The first-order valence-electron chi connectivity index (χ1n) is 14.3. The van der Waals surface area contributed by atoms with Crippen molar-refractivity contribution in [3.8, 4) is 0 Å². The van der Waals surface area contributed by atoms with Crippen LogP contribution in [0.2, 0.25) is 0 Å². The first-order valence-corrected chi connectivity index (χ1v) is 14.3. The van der Waals surface area contributed by atoms with E-state index in [1.54, 1.807) is 17.3 Å². The van der Waals surface area contributed by atoms with Crippen LogP contribution in [0.25, 0.3) is 0 Å². The van der Waals surface area contributed by atoms with Crippen molar-refractivity contribution >= 4 is 40.6 Å². The number of halogens is 2. The zero-order chi connectivity index (χ0) is 29.9. The highest BCUT2D eigenvalue weighted by Crippen LogP contribution is 2.29. The number of benzene rings is 2. The molecule has 2 aliphatic rings. The van der Waals surface area contributed by atoms with Gasteiger partial charge in [-0.3, -0.25) is 14.6 Å². The lowest BCUT2D eigenvalue weighted by molar-refractivity contribution is -0.117. The molecule has 6 bridgehead atoms. The molecule has 11 heteroatoms. The SMILES string of the molecule is Cc1cnc2nc1Nc1ccc(NC(=O)CC3CCN(C(=O)c4ccc(F)cc4F)CC3)c(c1)CCc1cncc(c1)N2. The summed E-state index contributed by atoms with van der Waals surface area (Å²) in [5, 5.41) is 9.71. The predicted molar refractivity (Wildman–Crippen MR) is 160 cm³/mol. The van der Waals surface area contributed by atoms with E-state index in [4.69, 9.17) is 0 Å². The minimum absolute atomic E-state index is 0.0874. The summed E-state index contributed by atoms with van der Waals surface area (Å²) >= 11 is 0. The van der Waals surface area contributed by atoms with E-state index in [1.807, 2.05) is 37.4 Å². The molecule has 0 atom stereocenters. The van der Waals surface area contributed by atoms with Gasteiger partial charge in [0.15, 0.2) is 0 Å². The third kappa shape index (κ3) is 6.61. The van der Waals surface area contributed by atoms with E-state index in [2.05, 4.69) is 30.9 Å². The molecule has 0 spiro atoms. The van der Waals surface area contributed by atoms with Crippen molar-refractivity contribution in [2.75, 3.05) is 29.0 Å². The molecule has 9 nitrogen and oxygen atoms in total. The number of piperidine rings is 1. The monoisotopic (exact) mass is 583 g/mol. The molecular formula is C32H31F2N7O2. The van der Waals surface area contributed by atoms with Crippen molar-refractivity contribution < 1.29 is 18.4 Å². The summed E-state index contributed by atoms with van der Waals surface area (Å²) in [6.45, 7) is 2.75. The maximum absolute atomic E-state index is 14.1. The van der Waals surface area contributed by atoms with Gasteiger partial charge in [-0.2, -0.15) is 4.98 Å². The second-order valence-electron chi connectivity index (χ2n) is 11.0. The van der Waals surface area contributed by atoms with Gasteiger partial charge in [0.2, 0.25) is 11.9 Å². The van der Waals surface area contributed by atoms with Crippen LogP contribution in [0.3, 0.4) is 0 Å². The van der Waals surface area contributed by atoms with E-state index in [1.165, 1.54) is 6.07 Å². The van der Waals surface area contributed by atoms with Crippen molar-refractivity contribution in [3.63, 3.8) is 0 Å². The molecule has 2 aromatic carbocycles. The number of amides is 2. The standard InChI is InChI=1S/C32H31F2N7O2/c1-19-16-36-32-38-25-12-21(17-35-18-25)2-3-22-14-24(37-30(19)40-32)5-7-28(22)39-29(42)13-20-8-10-41(11-9-20)31(43)26-6-4-23(33)15-27(26)34/h4-7,12,14-18,20H,2-3,8-11,13H2,1H3,(H,39,42)(H2,36,37,38,40). The van der Waals surface area contributed by atoms with Crippen LogP contribution in [0.15, 0.2) is 61.1 Å². The summed E-state index contributed by atoms with van der Waals surface area (Å²) in [4.78, 5) is 40.9. The van der Waals surface area contributed by atoms with Crippen LogP contribution >= 0.6 is 0 Å². The number of carbonyl (C=O) groups is 2. The quantitative estimate of drug-likeness (QED) is 0.273. The Kier molecular flexibility index (Phi) is 7.95. The number of aromatic nitrogens is 3. The van der Waals surface area contributed by atoms with Crippen molar-refractivity contribution in [1.29, 1.82) is 0 Å². The number of pyridine rings is 1. The fraction of sp³-hybridized carbons (Fsp3) is 0.281. The smallest absolute Gasteiger partial charge is 0.256 e. The summed E-state index contributed by atoms with van der Waals surface area (Å²) in [5.74, 6) is -0.917. The molecular weight excluding hydrogens is 552 g/mol. The lowest BCUT2D eigenvalue weighted by Crippen LogP contribution is -2.39. The number of fused-ring (bicyclic) bond motifs is 6. The number of aryl methyl sites for hydroxylation is 3. The van der Waals surface area contributed by atoms with E-state index < -0.39 is 17.5 Å². The van der Waals surface area contributed by atoms with Gasteiger partial charge in [0.25, 0.3) is 5.91 Å². The van der Waals surface area contributed by atoms with Crippen LogP contribution in [-0.4, -0.2) is 44.8 Å². The van der Waals surface area contributed by atoms with E-state index in [0.717, 1.165) is 45.9 Å². The van der Waals surface area contributed by atoms with Gasteiger partial charge >= 0.3 is 0 Å². The molecule has 1 fully saturated rings. The molecule has 0 radical (unpaired) electrons. The van der Waals surface area contributed by atoms with Crippen molar-refractivity contribution in [1.82, 2.24) is 19.9 Å². The van der Waals surface area contributed by atoms with Gasteiger partial charge in [0, 0.05) is 54.9 Å². The van der Waals surface area contributed by atoms with Gasteiger partial charge in [0.1, 0.15) is 17.5 Å². The van der Waals surface area contributed by atoms with Crippen molar-refractivity contribution in [2.24, 2.45) is 5.92 Å². The first kappa shape index (κ1) is 28.2. The van der Waals surface area contributed by atoms with Crippen LogP contribution in [0.5, 0.6) is 0 Å². The van der Waals surface area contributed by atoms with E-state index in [0.29, 0.717) is 57.0 Å². The molecule has 6 rings (SSSR count). The minimum atomic E-state index is -0.867. The van der Waals surface area contributed by atoms with Crippen LogP contribution in [0.1, 0.15) is 46.3 Å². The Morgan fingerprint density at radius 3 is 2.63 bits per heavy atom. The highest BCUT2D eigenvalue weighted by atomic mass is 19.1. The Morgan fingerprint density at radius 2 is 1.81 bits per heavy atom. The number of hydrogen-bond donors (Lipinski definition) is 3. The Morgan fingerprint density at radius 1 is 0.977 bits per heavy atom. The maximum atomic E-state index is 14.1. The second kappa shape index (κ2) is 12.1. The lowest BCUT2D eigenvalue weighted by Gasteiger charge is -2.32. The zero-order valence-corrected chi connectivity index (χ0v) is 23.7. The number of nitrogens with one attached hydrogen (secondary N) is 3. The highest BCUT2D eigenvalue weighted by molar-refractivity contribution is 5.95. The molecule has 0 unspecified atom stereocenters. The Bertz CT molecular complexity index is 1690. The van der Waals surface area contributed by atoms with Gasteiger partial charge in [-0.05, 0) is 86.1 Å². The van der Waals surface area contributed by atoms with E-state index in [-0.39, 0.29) is 17.4 Å². The minimum Gasteiger partial charge on any atom is -0.340 e. The molecule has 1 saturated heterocycles. The normalized spacial score (nSPS) is 14.8. The van der Waals surface area contributed by atoms with Gasteiger partial charge in [-0.25, -0.2) is 13.8 Å². The van der Waals surface area contributed by atoms with Crippen LogP contribution in [0.4, 0.5) is 37.6 Å². The highest BCUT2D eigenvalue weighted by Gasteiger charge is 2.27. The van der Waals surface area contributed by atoms with Gasteiger partial charge < -0.3 is 20.9 Å². The second-order valence-corrected chi connectivity index (χ2v) is 11.0. The third-order valence-electron chi connectivity index (χ3n) is 7.89. The summed E-state index contributed by atoms with van der Waals surface area (Å²) in [7, 11) is 0. The Labute approximate surface area is 247 Å². The van der Waals surface area contributed by atoms with Gasteiger partial charge in [-0.15, -0.1) is 0 Å². The number of rotatable bonds is 4. The number of nitrogens with zero attached hydrogens (tertiary/aromatic N) is 4. The molecule has 4 heterocycles. The number of hydrogen-bond acceptors (Lipinski definition) is 7. The van der Waals surface area contributed by atoms with Crippen LogP contribution < -0.4 is 16.0 Å². The Balaban J connectivity index is 1.13.